The van der Waals surface area contributed by atoms with Crippen LogP contribution in [-0.4, -0.2) is 41.3 Å². The van der Waals surface area contributed by atoms with Crippen molar-refractivity contribution in [1.29, 1.82) is 0 Å². The van der Waals surface area contributed by atoms with Crippen molar-refractivity contribution in [3.05, 3.63) is 11.8 Å². The Morgan fingerprint density at radius 1 is 1.50 bits per heavy atom. The summed E-state index contributed by atoms with van der Waals surface area (Å²) in [4.78, 5) is 10.8. The van der Waals surface area contributed by atoms with Gasteiger partial charge in [-0.05, 0) is 19.8 Å². The molecule has 1 atom stereocenters. The van der Waals surface area contributed by atoms with E-state index in [1.807, 2.05) is 20.0 Å². The summed E-state index contributed by atoms with van der Waals surface area (Å²) in [6.07, 6.45) is 1.67. The van der Waals surface area contributed by atoms with Gasteiger partial charge in [-0.25, -0.2) is 4.98 Å². The molecule has 5 heteroatoms. The van der Waals surface area contributed by atoms with E-state index in [1.165, 1.54) is 0 Å². The number of nitrogens with zero attached hydrogens (tertiary/aromatic N) is 3. The van der Waals surface area contributed by atoms with Gasteiger partial charge in [0, 0.05) is 31.9 Å². The highest BCUT2D eigenvalue weighted by molar-refractivity contribution is 5.45. The minimum atomic E-state index is -0.234. The van der Waals surface area contributed by atoms with E-state index in [4.69, 9.17) is 0 Å². The Labute approximate surface area is 95.5 Å². The number of anilines is 2. The minimum absolute atomic E-state index is 0.234. The molecule has 0 aromatic carbocycles. The highest BCUT2D eigenvalue weighted by atomic mass is 16.3. The number of aromatic nitrogens is 2. The van der Waals surface area contributed by atoms with Gasteiger partial charge >= 0.3 is 0 Å². The lowest BCUT2D eigenvalue weighted by atomic mass is 10.1. The SMILES string of the molecule is CNc1nc(C)cc(N2CCCC(O)C2)n1. The van der Waals surface area contributed by atoms with Gasteiger partial charge in [-0.15, -0.1) is 0 Å². The van der Waals surface area contributed by atoms with Gasteiger partial charge in [0.05, 0.1) is 6.10 Å². The average Bonchev–Trinajstić information content (AvgIpc) is 2.28. The molecule has 0 radical (unpaired) electrons. The summed E-state index contributed by atoms with van der Waals surface area (Å²) in [6.45, 7) is 3.57. The number of nitrogens with one attached hydrogen (secondary N) is 1. The van der Waals surface area contributed by atoms with Crippen LogP contribution in [0.1, 0.15) is 18.5 Å². The predicted octanol–water partition coefficient (Wildman–Crippen LogP) is 0.788. The molecule has 0 aliphatic carbocycles. The van der Waals surface area contributed by atoms with E-state index in [1.54, 1.807) is 0 Å². The first-order valence-corrected chi connectivity index (χ1v) is 5.65. The Morgan fingerprint density at radius 2 is 2.31 bits per heavy atom. The molecule has 0 saturated carbocycles. The van der Waals surface area contributed by atoms with Gasteiger partial charge in [0.15, 0.2) is 0 Å². The highest BCUT2D eigenvalue weighted by Gasteiger charge is 2.19. The van der Waals surface area contributed by atoms with E-state index >= 15 is 0 Å². The zero-order chi connectivity index (χ0) is 11.5. The van der Waals surface area contributed by atoms with E-state index < -0.39 is 0 Å². The zero-order valence-corrected chi connectivity index (χ0v) is 9.77. The van der Waals surface area contributed by atoms with Crippen LogP contribution in [0.15, 0.2) is 6.07 Å². The summed E-state index contributed by atoms with van der Waals surface area (Å²) in [6, 6.07) is 1.96. The number of piperidine rings is 1. The number of rotatable bonds is 2. The number of hydrogen-bond donors (Lipinski definition) is 2. The van der Waals surface area contributed by atoms with Crippen molar-refractivity contribution in [2.45, 2.75) is 25.9 Å². The van der Waals surface area contributed by atoms with E-state index in [0.29, 0.717) is 12.5 Å². The molecule has 2 N–H and O–H groups in total. The van der Waals surface area contributed by atoms with Gasteiger partial charge < -0.3 is 15.3 Å². The first-order valence-electron chi connectivity index (χ1n) is 5.65. The molecule has 1 aliphatic rings. The van der Waals surface area contributed by atoms with Crippen molar-refractivity contribution < 1.29 is 5.11 Å². The second-order valence-electron chi connectivity index (χ2n) is 4.18. The van der Waals surface area contributed by atoms with Crippen molar-refractivity contribution in [1.82, 2.24) is 9.97 Å². The molecule has 1 aromatic rings. The summed E-state index contributed by atoms with van der Waals surface area (Å²) in [5.74, 6) is 1.53. The topological polar surface area (TPSA) is 61.3 Å². The lowest BCUT2D eigenvalue weighted by Crippen LogP contribution is -2.38. The van der Waals surface area contributed by atoms with Crippen LogP contribution in [-0.2, 0) is 0 Å². The van der Waals surface area contributed by atoms with Gasteiger partial charge in [-0.3, -0.25) is 0 Å². The van der Waals surface area contributed by atoms with E-state index in [9.17, 15) is 5.11 Å². The first-order chi connectivity index (χ1) is 7.69. The summed E-state index contributed by atoms with van der Waals surface area (Å²) in [7, 11) is 1.81. The van der Waals surface area contributed by atoms with Crippen LogP contribution in [0.3, 0.4) is 0 Å². The molecule has 1 unspecified atom stereocenters. The zero-order valence-electron chi connectivity index (χ0n) is 9.77. The molecule has 16 heavy (non-hydrogen) atoms. The van der Waals surface area contributed by atoms with Crippen molar-refractivity contribution in [3.63, 3.8) is 0 Å². The van der Waals surface area contributed by atoms with Crippen LogP contribution >= 0.6 is 0 Å². The highest BCUT2D eigenvalue weighted by Crippen LogP contribution is 2.19. The molecule has 1 fully saturated rings. The number of aryl methyl sites for hydroxylation is 1. The average molecular weight is 222 g/mol. The Hall–Kier alpha value is -1.36. The monoisotopic (exact) mass is 222 g/mol. The summed E-state index contributed by atoms with van der Waals surface area (Å²) in [5, 5.41) is 12.6. The summed E-state index contributed by atoms with van der Waals surface area (Å²) < 4.78 is 0. The van der Waals surface area contributed by atoms with E-state index in [2.05, 4.69) is 20.2 Å². The van der Waals surface area contributed by atoms with E-state index in [0.717, 1.165) is 30.9 Å². The van der Waals surface area contributed by atoms with Crippen LogP contribution < -0.4 is 10.2 Å². The maximum absolute atomic E-state index is 9.64. The number of hydrogen-bond acceptors (Lipinski definition) is 5. The second kappa shape index (κ2) is 4.65. The normalized spacial score (nSPS) is 20.9. The fourth-order valence-corrected chi connectivity index (χ4v) is 1.99. The van der Waals surface area contributed by atoms with Crippen LogP contribution in [0.25, 0.3) is 0 Å². The molecule has 0 spiro atoms. The molecule has 2 heterocycles. The third kappa shape index (κ3) is 2.41. The van der Waals surface area contributed by atoms with E-state index in [-0.39, 0.29) is 6.10 Å². The third-order valence-electron chi connectivity index (χ3n) is 2.78. The molecular weight excluding hydrogens is 204 g/mol. The molecule has 0 amide bonds. The second-order valence-corrected chi connectivity index (χ2v) is 4.18. The first kappa shape index (κ1) is 11.1. The van der Waals surface area contributed by atoms with Crippen molar-refractivity contribution in [3.8, 4) is 0 Å². The molecule has 1 aromatic heterocycles. The molecule has 1 saturated heterocycles. The van der Waals surface area contributed by atoms with Crippen molar-refractivity contribution in [2.24, 2.45) is 0 Å². The van der Waals surface area contributed by atoms with Gasteiger partial charge in [-0.2, -0.15) is 4.98 Å². The Kier molecular flexibility index (Phi) is 3.24. The molecule has 0 bridgehead atoms. The van der Waals surface area contributed by atoms with Crippen LogP contribution in [0.4, 0.5) is 11.8 Å². The lowest BCUT2D eigenvalue weighted by Gasteiger charge is -2.31. The summed E-state index contributed by atoms with van der Waals surface area (Å²) in [5.41, 5.74) is 0.939. The maximum Gasteiger partial charge on any atom is 0.224 e. The molecular formula is C11H18N4O. The quantitative estimate of drug-likeness (QED) is 0.774. The van der Waals surface area contributed by atoms with Crippen LogP contribution in [0, 0.1) is 6.92 Å². The smallest absolute Gasteiger partial charge is 0.224 e. The van der Waals surface area contributed by atoms with Gasteiger partial charge in [-0.1, -0.05) is 0 Å². The summed E-state index contributed by atoms with van der Waals surface area (Å²) >= 11 is 0. The molecule has 88 valence electrons. The third-order valence-corrected chi connectivity index (χ3v) is 2.78. The molecule has 1 aliphatic heterocycles. The standard InChI is InChI=1S/C11H18N4O/c1-8-6-10(14-11(12-2)13-8)15-5-3-4-9(16)7-15/h6,9,16H,3-5,7H2,1-2H3,(H,12,13,14). The Balaban J connectivity index is 2.21. The Bertz CT molecular complexity index is 369. The largest absolute Gasteiger partial charge is 0.391 e. The van der Waals surface area contributed by atoms with Gasteiger partial charge in [0.25, 0.3) is 0 Å². The number of aliphatic hydroxyl groups is 1. The number of β-amino-alcohol motifs (C(OH)–C–C–N with tert-alkyl or cyclic N) is 1. The van der Waals surface area contributed by atoms with Gasteiger partial charge in [0.2, 0.25) is 5.95 Å². The predicted molar refractivity (Wildman–Crippen MR) is 63.8 cm³/mol. The maximum atomic E-state index is 9.64. The number of aliphatic hydroxyl groups excluding tert-OH is 1. The van der Waals surface area contributed by atoms with Gasteiger partial charge in [0.1, 0.15) is 5.82 Å². The fourth-order valence-electron chi connectivity index (χ4n) is 1.99. The van der Waals surface area contributed by atoms with Crippen molar-refractivity contribution >= 4 is 11.8 Å². The molecule has 5 nitrogen and oxygen atoms in total. The minimum Gasteiger partial charge on any atom is -0.391 e. The fraction of sp³-hybridized carbons (Fsp3) is 0.636. The van der Waals surface area contributed by atoms with Crippen molar-refractivity contribution in [2.75, 3.05) is 30.4 Å². The van der Waals surface area contributed by atoms with Crippen LogP contribution in [0.2, 0.25) is 0 Å². The molecule has 2 rings (SSSR count). The lowest BCUT2D eigenvalue weighted by molar-refractivity contribution is 0.154. The Morgan fingerprint density at radius 3 is 3.00 bits per heavy atom. The van der Waals surface area contributed by atoms with Crippen LogP contribution in [0.5, 0.6) is 0 Å².